The van der Waals surface area contributed by atoms with Gasteiger partial charge in [0.15, 0.2) is 0 Å². The summed E-state index contributed by atoms with van der Waals surface area (Å²) in [5.74, 6) is -0.0190. The second-order valence-electron chi connectivity index (χ2n) is 10.4. The van der Waals surface area contributed by atoms with E-state index in [0.29, 0.717) is 0 Å². The van der Waals surface area contributed by atoms with Gasteiger partial charge in [-0.25, -0.2) is 4.79 Å². The number of carbonyl (C=O) groups is 1. The van der Waals surface area contributed by atoms with Gasteiger partial charge in [-0.3, -0.25) is 10.1 Å². The predicted molar refractivity (Wildman–Crippen MR) is 145 cm³/mol. The van der Waals surface area contributed by atoms with Gasteiger partial charge in [-0.2, -0.15) is 0 Å². The Morgan fingerprint density at radius 3 is 1.81 bits per heavy atom. The number of non-ortho nitro benzene ring substituents is 1. The molecule has 0 aliphatic heterocycles. The van der Waals surface area contributed by atoms with Crippen molar-refractivity contribution in [3.05, 3.63) is 93.0 Å². The van der Waals surface area contributed by atoms with Gasteiger partial charge < -0.3 is 19.3 Å². The lowest BCUT2D eigenvalue weighted by molar-refractivity contribution is -0.384. The highest BCUT2D eigenvalue weighted by atomic mass is 16.7. The minimum atomic E-state index is -0.857. The average Bonchev–Trinajstić information content (AvgIpc) is 2.84. The molecule has 1 aliphatic carbocycles. The quantitative estimate of drug-likeness (QED) is 0.174. The van der Waals surface area contributed by atoms with Crippen LogP contribution in [0.1, 0.15) is 48.9 Å². The smallest absolute Gasteiger partial charge is 0.430 e. The highest BCUT2D eigenvalue weighted by Crippen LogP contribution is 2.50. The summed E-state index contributed by atoms with van der Waals surface area (Å²) < 4.78 is 11.1. The molecule has 1 aliphatic rings. The zero-order valence-corrected chi connectivity index (χ0v) is 22.3. The van der Waals surface area contributed by atoms with Crippen LogP contribution in [-0.2, 0) is 10.2 Å². The Labute approximate surface area is 217 Å². The van der Waals surface area contributed by atoms with Crippen LogP contribution in [0.5, 0.6) is 5.75 Å². The highest BCUT2D eigenvalue weighted by Gasteiger charge is 2.41. The predicted octanol–water partition coefficient (Wildman–Crippen LogP) is 6.10. The van der Waals surface area contributed by atoms with Crippen molar-refractivity contribution < 1.29 is 19.2 Å². The lowest BCUT2D eigenvalue weighted by atomic mass is 9.64. The van der Waals surface area contributed by atoms with E-state index in [0.717, 1.165) is 22.5 Å². The first-order valence-corrected chi connectivity index (χ1v) is 12.2. The Bertz CT molecular complexity index is 1270. The van der Waals surface area contributed by atoms with Crippen LogP contribution in [0.25, 0.3) is 0 Å². The first-order chi connectivity index (χ1) is 17.4. The van der Waals surface area contributed by atoms with Gasteiger partial charge in [0.1, 0.15) is 11.9 Å². The van der Waals surface area contributed by atoms with Crippen LogP contribution in [0.15, 0.2) is 60.7 Å². The Morgan fingerprint density at radius 1 is 0.892 bits per heavy atom. The summed E-state index contributed by atoms with van der Waals surface area (Å²) >= 11 is 0. The van der Waals surface area contributed by atoms with E-state index in [-0.39, 0.29) is 22.8 Å². The maximum Gasteiger partial charge on any atom is 0.514 e. The summed E-state index contributed by atoms with van der Waals surface area (Å²) in [5, 5.41) is 10.9. The number of nitro benzene ring substituents is 1. The molecule has 0 saturated carbocycles. The number of fused-ring (bicyclic) bond motifs is 2. The number of hydrogen-bond acceptors (Lipinski definition) is 7. The first-order valence-electron chi connectivity index (χ1n) is 12.2. The van der Waals surface area contributed by atoms with E-state index >= 15 is 0 Å². The second kappa shape index (κ2) is 9.76. The molecule has 0 N–H and O–H groups in total. The number of nitro groups is 1. The molecule has 0 saturated heterocycles. The van der Waals surface area contributed by atoms with Crippen molar-refractivity contribution in [2.24, 2.45) is 0 Å². The molecule has 0 heterocycles. The molecule has 1 unspecified atom stereocenters. The van der Waals surface area contributed by atoms with Crippen LogP contribution in [-0.4, -0.2) is 45.4 Å². The number of ether oxygens (including phenoxy) is 2. The van der Waals surface area contributed by atoms with E-state index in [4.69, 9.17) is 9.47 Å². The Kier molecular flexibility index (Phi) is 6.86. The summed E-state index contributed by atoms with van der Waals surface area (Å²) in [6.07, 6.45) is -1.39. The third-order valence-electron chi connectivity index (χ3n) is 7.12. The number of anilines is 2. The fourth-order valence-corrected chi connectivity index (χ4v) is 5.06. The molecule has 0 spiro atoms. The molecule has 3 aromatic rings. The SMILES string of the molecule is CC(OC(=O)Oc1ccc([N+](=O)[O-])cc1)C1c2ccc(N(C)C)cc2C(C)(C)c2cc(N(C)C)ccc21. The summed E-state index contributed by atoms with van der Waals surface area (Å²) in [5.41, 5.74) is 6.44. The van der Waals surface area contributed by atoms with Gasteiger partial charge in [-0.15, -0.1) is 0 Å². The minimum absolute atomic E-state index is 0.0821. The van der Waals surface area contributed by atoms with Gasteiger partial charge in [-0.05, 0) is 65.6 Å². The fraction of sp³-hybridized carbons (Fsp3) is 0.345. The van der Waals surface area contributed by atoms with Crippen molar-refractivity contribution >= 4 is 23.2 Å². The average molecular weight is 504 g/mol. The number of benzene rings is 3. The molecule has 0 aromatic heterocycles. The van der Waals surface area contributed by atoms with Crippen LogP contribution in [0, 0.1) is 10.1 Å². The van der Waals surface area contributed by atoms with Gasteiger partial charge in [-0.1, -0.05) is 26.0 Å². The molecule has 8 nitrogen and oxygen atoms in total. The van der Waals surface area contributed by atoms with E-state index in [2.05, 4.69) is 60.0 Å². The summed E-state index contributed by atoms with van der Waals surface area (Å²) in [6.45, 7) is 6.33. The molecule has 0 radical (unpaired) electrons. The van der Waals surface area contributed by atoms with E-state index in [1.165, 1.54) is 35.4 Å². The van der Waals surface area contributed by atoms with Crippen LogP contribution >= 0.6 is 0 Å². The van der Waals surface area contributed by atoms with Crippen molar-refractivity contribution in [3.63, 3.8) is 0 Å². The van der Waals surface area contributed by atoms with Gasteiger partial charge in [0.05, 0.1) is 4.92 Å². The lowest BCUT2D eigenvalue weighted by Gasteiger charge is -2.42. The van der Waals surface area contributed by atoms with Gasteiger partial charge >= 0.3 is 6.16 Å². The Hall–Kier alpha value is -4.07. The Morgan fingerprint density at radius 2 is 1.38 bits per heavy atom. The van der Waals surface area contributed by atoms with E-state index < -0.39 is 17.2 Å². The van der Waals surface area contributed by atoms with Crippen molar-refractivity contribution in [2.45, 2.75) is 38.2 Å². The molecule has 37 heavy (non-hydrogen) atoms. The normalized spacial score (nSPS) is 14.7. The summed E-state index contributed by atoms with van der Waals surface area (Å²) in [7, 11) is 8.08. The fourth-order valence-electron chi connectivity index (χ4n) is 5.06. The van der Waals surface area contributed by atoms with Crippen LogP contribution in [0.2, 0.25) is 0 Å². The molecule has 0 amide bonds. The first kappa shape index (κ1) is 26.0. The summed E-state index contributed by atoms with van der Waals surface area (Å²) in [4.78, 5) is 27.3. The largest absolute Gasteiger partial charge is 0.514 e. The van der Waals surface area contributed by atoms with Gasteiger partial charge in [0, 0.05) is 63.0 Å². The maximum absolute atomic E-state index is 12.7. The van der Waals surface area contributed by atoms with Crippen molar-refractivity contribution in [2.75, 3.05) is 38.0 Å². The molecule has 8 heteroatoms. The van der Waals surface area contributed by atoms with Crippen molar-refractivity contribution in [1.82, 2.24) is 0 Å². The molecular formula is C29H33N3O5. The zero-order valence-electron chi connectivity index (χ0n) is 22.3. The topological polar surface area (TPSA) is 85.1 Å². The van der Waals surface area contributed by atoms with Crippen LogP contribution in [0.4, 0.5) is 21.9 Å². The highest BCUT2D eigenvalue weighted by molar-refractivity contribution is 5.67. The lowest BCUT2D eigenvalue weighted by Crippen LogP contribution is -2.35. The second-order valence-corrected chi connectivity index (χ2v) is 10.4. The van der Waals surface area contributed by atoms with E-state index in [9.17, 15) is 14.9 Å². The molecule has 194 valence electrons. The molecule has 4 rings (SSSR count). The number of rotatable bonds is 6. The number of nitrogens with zero attached hydrogens (tertiary/aromatic N) is 3. The monoisotopic (exact) mass is 503 g/mol. The minimum Gasteiger partial charge on any atom is -0.430 e. The zero-order chi connectivity index (χ0) is 27.1. The van der Waals surface area contributed by atoms with E-state index in [1.807, 2.05) is 35.1 Å². The van der Waals surface area contributed by atoms with Gasteiger partial charge in [0.25, 0.3) is 5.69 Å². The number of carbonyl (C=O) groups excluding carboxylic acids is 1. The maximum atomic E-state index is 12.7. The molecule has 0 fully saturated rings. The number of hydrogen-bond donors (Lipinski definition) is 0. The Balaban J connectivity index is 1.70. The standard InChI is InChI=1S/C29H33N3O5/c1-18(36-28(33)37-22-12-8-19(9-13-22)32(34)35)27-23-14-10-20(30(4)5)16-25(23)29(2,3)26-17-21(31(6)7)11-15-24(26)27/h8-18,27H,1-7H3. The molecule has 1 atom stereocenters. The van der Waals surface area contributed by atoms with Crippen LogP contribution in [0.3, 0.4) is 0 Å². The van der Waals surface area contributed by atoms with E-state index in [1.54, 1.807) is 0 Å². The van der Waals surface area contributed by atoms with Crippen molar-refractivity contribution in [1.29, 1.82) is 0 Å². The molecule has 3 aromatic carbocycles. The molecular weight excluding hydrogens is 470 g/mol. The summed E-state index contributed by atoms with van der Waals surface area (Å²) in [6, 6.07) is 18.2. The third kappa shape index (κ3) is 4.96. The molecule has 0 bridgehead atoms. The van der Waals surface area contributed by atoms with Gasteiger partial charge in [0.2, 0.25) is 0 Å². The third-order valence-corrected chi connectivity index (χ3v) is 7.12. The van der Waals surface area contributed by atoms with Crippen LogP contribution < -0.4 is 14.5 Å². The van der Waals surface area contributed by atoms with Crippen molar-refractivity contribution in [3.8, 4) is 5.75 Å².